The van der Waals surface area contributed by atoms with Gasteiger partial charge in [0.05, 0.1) is 5.69 Å². The number of ether oxygens (including phenoxy) is 1. The van der Waals surface area contributed by atoms with Crippen LogP contribution < -0.4 is 9.75 Å². The highest BCUT2D eigenvalue weighted by molar-refractivity contribution is 6.45. The van der Waals surface area contributed by atoms with E-state index >= 15 is 0 Å². The van der Waals surface area contributed by atoms with Crippen LogP contribution in [0.1, 0.15) is 31.2 Å². The normalized spacial score (nSPS) is 19.3. The van der Waals surface area contributed by atoms with Gasteiger partial charge in [-0.25, -0.2) is 5.01 Å². The minimum Gasteiger partial charge on any atom is -0.489 e. The van der Waals surface area contributed by atoms with E-state index in [2.05, 4.69) is 5.10 Å². The van der Waals surface area contributed by atoms with Crippen molar-refractivity contribution in [2.24, 2.45) is 5.10 Å². The molecule has 2 heterocycles. The molecular formula is C22H22N4O2. The van der Waals surface area contributed by atoms with E-state index in [1.54, 1.807) is 4.90 Å². The lowest BCUT2D eigenvalue weighted by atomic mass is 10.1. The summed E-state index contributed by atoms with van der Waals surface area (Å²) >= 11 is 0. The quantitative estimate of drug-likeness (QED) is 0.818. The van der Waals surface area contributed by atoms with Gasteiger partial charge in [0.2, 0.25) is 5.71 Å². The largest absolute Gasteiger partial charge is 0.489 e. The summed E-state index contributed by atoms with van der Waals surface area (Å²) in [4.78, 5) is 14.3. The van der Waals surface area contributed by atoms with Crippen molar-refractivity contribution >= 4 is 17.3 Å². The fourth-order valence-electron chi connectivity index (χ4n) is 3.67. The van der Waals surface area contributed by atoms with Gasteiger partial charge in [-0.15, -0.1) is 0 Å². The second kappa shape index (κ2) is 8.13. The van der Waals surface area contributed by atoms with Crippen LogP contribution in [0, 0.1) is 11.3 Å². The molecule has 0 saturated carbocycles. The number of carbonyl (C=O) groups excluding carboxylic acids is 1. The summed E-state index contributed by atoms with van der Waals surface area (Å²) in [5.41, 5.74) is 1.91. The van der Waals surface area contributed by atoms with Crippen molar-refractivity contribution < 1.29 is 9.53 Å². The number of hydrazone groups is 1. The zero-order valence-electron chi connectivity index (χ0n) is 15.6. The highest BCUT2D eigenvalue weighted by Crippen LogP contribution is 2.30. The number of benzene rings is 2. The summed E-state index contributed by atoms with van der Waals surface area (Å²) in [5.74, 6) is 0.511. The Morgan fingerprint density at radius 3 is 2.61 bits per heavy atom. The van der Waals surface area contributed by atoms with Gasteiger partial charge in [-0.2, -0.15) is 10.4 Å². The van der Waals surface area contributed by atoms with Crippen LogP contribution in [0.15, 0.2) is 59.7 Å². The summed E-state index contributed by atoms with van der Waals surface area (Å²) in [7, 11) is 0. The fourth-order valence-corrected chi connectivity index (χ4v) is 3.67. The highest BCUT2D eigenvalue weighted by atomic mass is 16.5. The van der Waals surface area contributed by atoms with Crippen LogP contribution in [0.4, 0.5) is 5.69 Å². The van der Waals surface area contributed by atoms with Crippen molar-refractivity contribution in [2.45, 2.75) is 38.5 Å². The number of fused-ring (bicyclic) bond motifs is 1. The van der Waals surface area contributed by atoms with Gasteiger partial charge in [0.15, 0.2) is 0 Å². The molecule has 4 rings (SSSR count). The number of nitriles is 1. The molecule has 1 fully saturated rings. The predicted octanol–water partition coefficient (Wildman–Crippen LogP) is 3.69. The van der Waals surface area contributed by atoms with E-state index in [4.69, 9.17) is 4.74 Å². The Kier molecular flexibility index (Phi) is 5.24. The SMILES string of the molecule is N#CC1=NN(c2ccc(OCc3ccccc3)cc2)[C@H]2CCCCCN2C1=O. The van der Waals surface area contributed by atoms with Crippen molar-refractivity contribution in [1.29, 1.82) is 5.26 Å². The van der Waals surface area contributed by atoms with Crippen LogP contribution in [0.2, 0.25) is 0 Å². The molecule has 1 atom stereocenters. The monoisotopic (exact) mass is 374 g/mol. The molecule has 28 heavy (non-hydrogen) atoms. The second-order valence-electron chi connectivity index (χ2n) is 7.00. The lowest BCUT2D eigenvalue weighted by Crippen LogP contribution is -2.55. The molecule has 2 aromatic rings. The number of carbonyl (C=O) groups is 1. The molecule has 1 amide bonds. The molecule has 6 heteroatoms. The smallest absolute Gasteiger partial charge is 0.286 e. The maximum atomic E-state index is 12.5. The first-order valence-corrected chi connectivity index (χ1v) is 9.62. The van der Waals surface area contributed by atoms with Crippen molar-refractivity contribution in [2.75, 3.05) is 11.6 Å². The van der Waals surface area contributed by atoms with Crippen LogP contribution in [0.25, 0.3) is 0 Å². The fraction of sp³-hybridized carbons (Fsp3) is 0.318. The van der Waals surface area contributed by atoms with Crippen LogP contribution in [-0.2, 0) is 11.4 Å². The van der Waals surface area contributed by atoms with Gasteiger partial charge in [-0.3, -0.25) is 4.79 Å². The van der Waals surface area contributed by atoms with Crippen LogP contribution in [0.3, 0.4) is 0 Å². The van der Waals surface area contributed by atoms with E-state index in [0.29, 0.717) is 13.2 Å². The summed E-state index contributed by atoms with van der Waals surface area (Å²) in [6, 6.07) is 19.6. The molecule has 0 N–H and O–H groups in total. The Balaban J connectivity index is 1.54. The number of rotatable bonds is 4. The van der Waals surface area contributed by atoms with E-state index in [1.807, 2.05) is 65.7 Å². The molecule has 6 nitrogen and oxygen atoms in total. The third-order valence-corrected chi connectivity index (χ3v) is 5.13. The molecule has 2 aromatic carbocycles. The lowest BCUT2D eigenvalue weighted by molar-refractivity contribution is -0.126. The summed E-state index contributed by atoms with van der Waals surface area (Å²) < 4.78 is 5.85. The van der Waals surface area contributed by atoms with Crippen molar-refractivity contribution in [3.63, 3.8) is 0 Å². The molecule has 0 aromatic heterocycles. The Labute approximate surface area is 164 Å². The highest BCUT2D eigenvalue weighted by Gasteiger charge is 2.37. The molecule has 0 unspecified atom stereocenters. The minimum absolute atomic E-state index is 0.0532. The molecule has 0 aliphatic carbocycles. The first-order chi connectivity index (χ1) is 13.8. The maximum absolute atomic E-state index is 12.5. The zero-order chi connectivity index (χ0) is 19.3. The first-order valence-electron chi connectivity index (χ1n) is 9.62. The van der Waals surface area contributed by atoms with Crippen molar-refractivity contribution in [3.05, 3.63) is 60.2 Å². The van der Waals surface area contributed by atoms with Crippen molar-refractivity contribution in [1.82, 2.24) is 4.90 Å². The molecule has 0 radical (unpaired) electrons. The average molecular weight is 374 g/mol. The first kappa shape index (κ1) is 18.1. The van der Waals surface area contributed by atoms with Gasteiger partial charge in [0.25, 0.3) is 5.91 Å². The van der Waals surface area contributed by atoms with E-state index in [-0.39, 0.29) is 17.8 Å². The Morgan fingerprint density at radius 2 is 1.86 bits per heavy atom. The summed E-state index contributed by atoms with van der Waals surface area (Å²) in [6.45, 7) is 1.17. The standard InChI is InChI=1S/C22H22N4O2/c23-15-20-22(27)25-14-6-2-5-9-21(25)26(24-20)18-10-12-19(13-11-18)28-16-17-7-3-1-4-8-17/h1,3-4,7-8,10-13,21H,2,5-6,9,14,16H2/t21-/m0/s1. The topological polar surface area (TPSA) is 68.9 Å². The number of hydrogen-bond donors (Lipinski definition) is 0. The van der Waals surface area contributed by atoms with Gasteiger partial charge in [-0.05, 0) is 49.1 Å². The number of hydrogen-bond acceptors (Lipinski definition) is 5. The van der Waals surface area contributed by atoms with Gasteiger partial charge >= 0.3 is 0 Å². The Hall–Kier alpha value is -3.33. The predicted molar refractivity (Wildman–Crippen MR) is 107 cm³/mol. The third-order valence-electron chi connectivity index (χ3n) is 5.13. The maximum Gasteiger partial charge on any atom is 0.286 e. The van der Waals surface area contributed by atoms with E-state index < -0.39 is 0 Å². The minimum atomic E-state index is -0.256. The lowest BCUT2D eigenvalue weighted by Gasteiger charge is -2.40. The van der Waals surface area contributed by atoms with Gasteiger partial charge in [0.1, 0.15) is 24.6 Å². The second-order valence-corrected chi connectivity index (χ2v) is 7.00. The van der Waals surface area contributed by atoms with Crippen LogP contribution in [0.5, 0.6) is 5.75 Å². The molecule has 2 aliphatic rings. The van der Waals surface area contributed by atoms with Crippen molar-refractivity contribution in [3.8, 4) is 11.8 Å². The van der Waals surface area contributed by atoms with Gasteiger partial charge < -0.3 is 9.64 Å². The van der Waals surface area contributed by atoms with Gasteiger partial charge in [0, 0.05) is 6.54 Å². The zero-order valence-corrected chi connectivity index (χ0v) is 15.6. The molecule has 142 valence electrons. The number of nitrogens with zero attached hydrogens (tertiary/aromatic N) is 4. The Bertz CT molecular complexity index is 902. The average Bonchev–Trinajstić information content (AvgIpc) is 3.00. The van der Waals surface area contributed by atoms with E-state index in [1.165, 1.54) is 0 Å². The molecule has 2 aliphatic heterocycles. The Morgan fingerprint density at radius 1 is 1.07 bits per heavy atom. The number of anilines is 1. The summed E-state index contributed by atoms with van der Waals surface area (Å²) in [6.07, 6.45) is 3.80. The van der Waals surface area contributed by atoms with Gasteiger partial charge in [-0.1, -0.05) is 36.8 Å². The van der Waals surface area contributed by atoms with E-state index in [9.17, 15) is 10.1 Å². The van der Waals surface area contributed by atoms with Crippen LogP contribution in [-0.4, -0.2) is 29.2 Å². The third kappa shape index (κ3) is 3.70. The van der Waals surface area contributed by atoms with E-state index in [0.717, 1.165) is 42.7 Å². The number of amides is 1. The van der Waals surface area contributed by atoms with Crippen LogP contribution >= 0.6 is 0 Å². The molecular weight excluding hydrogens is 352 g/mol. The molecule has 0 bridgehead atoms. The summed E-state index contributed by atoms with van der Waals surface area (Å²) in [5, 5.41) is 15.5. The molecule has 0 spiro atoms. The molecule has 1 saturated heterocycles.